The van der Waals surface area contributed by atoms with Gasteiger partial charge < -0.3 is 9.47 Å². The second-order valence-corrected chi connectivity index (χ2v) is 15.2. The number of hydrogen-bond donors (Lipinski definition) is 0. The normalized spacial score (nSPS) is 11.6. The van der Waals surface area contributed by atoms with Gasteiger partial charge in [-0.3, -0.25) is 0 Å². The van der Waals surface area contributed by atoms with E-state index in [4.69, 9.17) is 0 Å². The molecule has 0 saturated heterocycles. The number of rotatable bonds is 6. The molecule has 0 aliphatic carbocycles. The van der Waals surface area contributed by atoms with E-state index in [0.29, 0.717) is 0 Å². The molecule has 0 bridgehead atoms. The van der Waals surface area contributed by atoms with E-state index in [1.165, 1.54) is 75.0 Å². The van der Waals surface area contributed by atoms with Crippen molar-refractivity contribution in [2.24, 2.45) is 0 Å². The first-order valence-corrected chi connectivity index (χ1v) is 19.6. The highest BCUT2D eigenvalue weighted by atomic mass is 32.1. The molecule has 2 nitrogen and oxygen atoms in total. The zero-order valence-corrected chi connectivity index (χ0v) is 30.7. The zero-order valence-electron chi connectivity index (χ0n) is 29.9. The molecule has 3 heteroatoms. The third-order valence-electron chi connectivity index (χ3n) is 11.0. The number of nitrogens with zero attached hydrogens (tertiary/aromatic N) is 2. The summed E-state index contributed by atoms with van der Waals surface area (Å²) in [7, 11) is 0. The summed E-state index contributed by atoms with van der Waals surface area (Å²) < 4.78 is 5.05. The SMILES string of the molecule is c1ccc(-c2ccc(N(c3ccc4sc5ccccc5c4c3)c3ccc4c5c(-c6cccc7ccccc67)cccc5n(-c5ccccc5)c4c3)cc2)cc1. The van der Waals surface area contributed by atoms with Crippen LogP contribution in [0.1, 0.15) is 0 Å². The van der Waals surface area contributed by atoms with E-state index in [1.807, 2.05) is 11.3 Å². The smallest absolute Gasteiger partial charge is 0.0562 e. The van der Waals surface area contributed by atoms with Crippen LogP contribution >= 0.6 is 11.3 Å². The first-order valence-electron chi connectivity index (χ1n) is 18.8. The van der Waals surface area contributed by atoms with Crippen molar-refractivity contribution in [3.8, 4) is 27.9 Å². The Labute approximate surface area is 323 Å². The summed E-state index contributed by atoms with van der Waals surface area (Å²) in [4.78, 5) is 2.42. The molecule has 0 saturated carbocycles. The maximum atomic E-state index is 2.44. The van der Waals surface area contributed by atoms with Crippen LogP contribution in [0.4, 0.5) is 17.1 Å². The average molecular weight is 719 g/mol. The molecule has 258 valence electrons. The molecule has 11 rings (SSSR count). The number of aromatic nitrogens is 1. The first kappa shape index (κ1) is 31.6. The summed E-state index contributed by atoms with van der Waals surface area (Å²) in [5.41, 5.74) is 11.7. The summed E-state index contributed by atoms with van der Waals surface area (Å²) in [6.07, 6.45) is 0. The zero-order chi connectivity index (χ0) is 36.3. The van der Waals surface area contributed by atoms with Gasteiger partial charge >= 0.3 is 0 Å². The molecule has 0 aliphatic rings. The van der Waals surface area contributed by atoms with Gasteiger partial charge in [0, 0.05) is 53.7 Å². The number of benzene rings is 9. The molecular weight excluding hydrogens is 685 g/mol. The van der Waals surface area contributed by atoms with Crippen molar-refractivity contribution in [3.63, 3.8) is 0 Å². The molecular formula is C52H34N2S. The summed E-state index contributed by atoms with van der Waals surface area (Å²) in [6, 6.07) is 75.2. The summed E-state index contributed by atoms with van der Waals surface area (Å²) in [5, 5.41) is 7.57. The highest BCUT2D eigenvalue weighted by Crippen LogP contribution is 2.45. The molecule has 55 heavy (non-hydrogen) atoms. The lowest BCUT2D eigenvalue weighted by molar-refractivity contribution is 1.18. The van der Waals surface area contributed by atoms with E-state index >= 15 is 0 Å². The van der Waals surface area contributed by atoms with Crippen LogP contribution in [0.25, 0.3) is 80.7 Å². The van der Waals surface area contributed by atoms with E-state index < -0.39 is 0 Å². The van der Waals surface area contributed by atoms with Crippen LogP contribution in [-0.2, 0) is 0 Å². The third-order valence-corrected chi connectivity index (χ3v) is 12.1. The Bertz CT molecular complexity index is 3190. The van der Waals surface area contributed by atoms with Gasteiger partial charge in [-0.1, -0.05) is 140 Å². The summed E-state index contributed by atoms with van der Waals surface area (Å²) >= 11 is 1.86. The van der Waals surface area contributed by atoms with Crippen LogP contribution in [0.2, 0.25) is 0 Å². The fraction of sp³-hybridized carbons (Fsp3) is 0. The van der Waals surface area contributed by atoms with E-state index in [1.54, 1.807) is 0 Å². The molecule has 0 atom stereocenters. The molecule has 0 fully saturated rings. The lowest BCUT2D eigenvalue weighted by Crippen LogP contribution is -2.10. The number of fused-ring (bicyclic) bond motifs is 7. The standard InChI is InChI=1S/C52H34N2S/c1-3-13-35(14-4-1)36-25-27-39(28-26-36)53(40-30-32-51-47(33-40)44-20-9-10-24-50(44)55-51)41-29-31-46-49(34-41)54(38-17-5-2-6-18-38)48-23-12-22-45(52(46)48)43-21-11-16-37-15-7-8-19-42(37)43/h1-34H. The molecule has 2 heterocycles. The molecule has 0 aliphatic heterocycles. The number of thiophene rings is 1. The van der Waals surface area contributed by atoms with Crippen molar-refractivity contribution in [3.05, 3.63) is 206 Å². The van der Waals surface area contributed by atoms with Crippen molar-refractivity contribution in [2.45, 2.75) is 0 Å². The topological polar surface area (TPSA) is 8.17 Å². The Balaban J connectivity index is 1.17. The molecule has 9 aromatic carbocycles. The fourth-order valence-corrected chi connectivity index (χ4v) is 9.56. The molecule has 0 unspecified atom stereocenters. The third kappa shape index (κ3) is 5.24. The van der Waals surface area contributed by atoms with Gasteiger partial charge in [-0.2, -0.15) is 0 Å². The van der Waals surface area contributed by atoms with Gasteiger partial charge in [-0.05, 0) is 99.8 Å². The molecule has 0 amide bonds. The maximum absolute atomic E-state index is 2.44. The van der Waals surface area contributed by atoms with E-state index in [9.17, 15) is 0 Å². The van der Waals surface area contributed by atoms with Crippen LogP contribution in [0.5, 0.6) is 0 Å². The number of para-hydroxylation sites is 1. The summed E-state index contributed by atoms with van der Waals surface area (Å²) in [5.74, 6) is 0. The minimum absolute atomic E-state index is 1.10. The van der Waals surface area contributed by atoms with Crippen molar-refractivity contribution < 1.29 is 0 Å². The second-order valence-electron chi connectivity index (χ2n) is 14.1. The van der Waals surface area contributed by atoms with Crippen LogP contribution in [0.15, 0.2) is 206 Å². The highest BCUT2D eigenvalue weighted by Gasteiger charge is 2.21. The molecule has 0 radical (unpaired) electrons. The van der Waals surface area contributed by atoms with E-state index in [-0.39, 0.29) is 0 Å². The minimum atomic E-state index is 1.10. The van der Waals surface area contributed by atoms with Gasteiger partial charge in [0.25, 0.3) is 0 Å². The molecule has 11 aromatic rings. The number of hydrogen-bond acceptors (Lipinski definition) is 2. The van der Waals surface area contributed by atoms with Gasteiger partial charge in [0.1, 0.15) is 0 Å². The Morgan fingerprint density at radius 1 is 0.364 bits per heavy atom. The first-order chi connectivity index (χ1) is 27.3. The van der Waals surface area contributed by atoms with Crippen molar-refractivity contribution in [2.75, 3.05) is 4.90 Å². The van der Waals surface area contributed by atoms with E-state index in [2.05, 4.69) is 216 Å². The van der Waals surface area contributed by atoms with Crippen LogP contribution in [0, 0.1) is 0 Å². The maximum Gasteiger partial charge on any atom is 0.0562 e. The Morgan fingerprint density at radius 3 is 1.84 bits per heavy atom. The van der Waals surface area contributed by atoms with Gasteiger partial charge in [0.05, 0.1) is 11.0 Å². The Hall–Kier alpha value is -6.94. The Kier molecular flexibility index (Phi) is 7.39. The van der Waals surface area contributed by atoms with Gasteiger partial charge in [-0.15, -0.1) is 11.3 Å². The monoisotopic (exact) mass is 718 g/mol. The molecule has 0 spiro atoms. The Morgan fingerprint density at radius 2 is 0.982 bits per heavy atom. The largest absolute Gasteiger partial charge is 0.310 e. The second kappa shape index (κ2) is 12.9. The van der Waals surface area contributed by atoms with Crippen LogP contribution < -0.4 is 4.90 Å². The minimum Gasteiger partial charge on any atom is -0.310 e. The van der Waals surface area contributed by atoms with Crippen molar-refractivity contribution >= 4 is 81.1 Å². The van der Waals surface area contributed by atoms with Gasteiger partial charge in [-0.25, -0.2) is 0 Å². The predicted octanol–water partition coefficient (Wildman–Crippen LogP) is 15.1. The van der Waals surface area contributed by atoms with E-state index in [0.717, 1.165) is 22.7 Å². The fourth-order valence-electron chi connectivity index (χ4n) is 8.47. The quantitative estimate of drug-likeness (QED) is 0.166. The predicted molar refractivity (Wildman–Crippen MR) is 237 cm³/mol. The summed E-state index contributed by atoms with van der Waals surface area (Å²) in [6.45, 7) is 0. The number of anilines is 3. The highest BCUT2D eigenvalue weighted by molar-refractivity contribution is 7.25. The van der Waals surface area contributed by atoms with Crippen molar-refractivity contribution in [1.29, 1.82) is 0 Å². The molecule has 2 aromatic heterocycles. The lowest BCUT2D eigenvalue weighted by atomic mass is 9.94. The molecule has 0 N–H and O–H groups in total. The van der Waals surface area contributed by atoms with Crippen LogP contribution in [0.3, 0.4) is 0 Å². The van der Waals surface area contributed by atoms with Gasteiger partial charge in [0.15, 0.2) is 0 Å². The van der Waals surface area contributed by atoms with Crippen LogP contribution in [-0.4, -0.2) is 4.57 Å². The van der Waals surface area contributed by atoms with Gasteiger partial charge in [0.2, 0.25) is 0 Å². The lowest BCUT2D eigenvalue weighted by Gasteiger charge is -2.26. The average Bonchev–Trinajstić information content (AvgIpc) is 3.80. The van der Waals surface area contributed by atoms with Crippen molar-refractivity contribution in [1.82, 2.24) is 4.57 Å².